The highest BCUT2D eigenvalue weighted by molar-refractivity contribution is 7.89. The van der Waals surface area contributed by atoms with E-state index in [-0.39, 0.29) is 22.3 Å². The number of carbonyl (C=O) groups excluding carboxylic acids is 1. The second kappa shape index (κ2) is 8.45. The summed E-state index contributed by atoms with van der Waals surface area (Å²) in [5, 5.41) is 3.14. The third-order valence-corrected chi connectivity index (χ3v) is 10.7. The van der Waals surface area contributed by atoms with Crippen molar-refractivity contribution in [2.24, 2.45) is 23.2 Å². The van der Waals surface area contributed by atoms with E-state index in [1.165, 1.54) is 19.3 Å². The number of rotatable bonds is 5. The fraction of sp³-hybridized carbons (Fsp3) is 0.556. The van der Waals surface area contributed by atoms with Crippen molar-refractivity contribution in [3.63, 3.8) is 0 Å². The number of nitrogens with zero attached hydrogens (tertiary/aromatic N) is 2. The van der Waals surface area contributed by atoms with Gasteiger partial charge in [0.05, 0.1) is 16.4 Å². The Morgan fingerprint density at radius 1 is 0.971 bits per heavy atom. The minimum absolute atomic E-state index is 0.134. The maximum atomic E-state index is 13.6. The maximum absolute atomic E-state index is 13.6. The van der Waals surface area contributed by atoms with Crippen LogP contribution in [-0.2, 0) is 14.8 Å². The fourth-order valence-corrected chi connectivity index (χ4v) is 9.28. The van der Waals surface area contributed by atoms with Gasteiger partial charge in [0.15, 0.2) is 0 Å². The molecule has 6 nitrogen and oxygen atoms in total. The number of pyridine rings is 1. The van der Waals surface area contributed by atoms with E-state index in [1.54, 1.807) is 41.0 Å². The lowest BCUT2D eigenvalue weighted by Gasteiger charge is -2.55. The Bertz CT molecular complexity index is 1130. The van der Waals surface area contributed by atoms with E-state index < -0.39 is 10.0 Å². The van der Waals surface area contributed by atoms with Crippen molar-refractivity contribution < 1.29 is 13.2 Å². The predicted molar refractivity (Wildman–Crippen MR) is 130 cm³/mol. The van der Waals surface area contributed by atoms with Gasteiger partial charge in [0, 0.05) is 24.6 Å². The lowest BCUT2D eigenvalue weighted by molar-refractivity contribution is -0.140. The number of hydrogen-bond donors (Lipinski definition) is 1. The smallest absolute Gasteiger partial charge is 0.243 e. The van der Waals surface area contributed by atoms with Crippen molar-refractivity contribution in [2.75, 3.05) is 11.9 Å². The van der Waals surface area contributed by atoms with Crippen LogP contribution < -0.4 is 5.32 Å². The molecule has 4 aliphatic carbocycles. The highest BCUT2D eigenvalue weighted by Gasteiger charge is 2.54. The molecule has 1 aliphatic heterocycles. The highest BCUT2D eigenvalue weighted by atomic mass is 32.2. The van der Waals surface area contributed by atoms with Crippen molar-refractivity contribution >= 4 is 21.6 Å². The summed E-state index contributed by atoms with van der Waals surface area (Å²) >= 11 is 0. The summed E-state index contributed by atoms with van der Waals surface area (Å²) in [6, 6.07) is 10.4. The van der Waals surface area contributed by atoms with Gasteiger partial charge in [0.25, 0.3) is 0 Å². The molecule has 180 valence electrons. The van der Waals surface area contributed by atoms with Gasteiger partial charge in [-0.3, -0.25) is 9.78 Å². The summed E-state index contributed by atoms with van der Waals surface area (Å²) in [5.74, 6) is 2.26. The van der Waals surface area contributed by atoms with Crippen molar-refractivity contribution in [3.05, 3.63) is 54.4 Å². The summed E-state index contributed by atoms with van der Waals surface area (Å²) in [6.45, 7) is 0.506. The van der Waals surface area contributed by atoms with Crippen LogP contribution in [-0.4, -0.2) is 30.2 Å². The Labute approximate surface area is 202 Å². The van der Waals surface area contributed by atoms with E-state index in [9.17, 15) is 13.2 Å². The molecule has 4 bridgehead atoms. The van der Waals surface area contributed by atoms with Crippen LogP contribution in [0.5, 0.6) is 0 Å². The van der Waals surface area contributed by atoms with Crippen molar-refractivity contribution in [1.29, 1.82) is 0 Å². The first kappa shape index (κ1) is 22.2. The van der Waals surface area contributed by atoms with E-state index in [4.69, 9.17) is 0 Å². The Morgan fingerprint density at radius 2 is 1.65 bits per heavy atom. The van der Waals surface area contributed by atoms with Crippen molar-refractivity contribution in [3.8, 4) is 0 Å². The third kappa shape index (κ3) is 3.87. The summed E-state index contributed by atoms with van der Waals surface area (Å²) in [6.07, 6.45) is 13.1. The van der Waals surface area contributed by atoms with Crippen LogP contribution in [0.4, 0.5) is 5.69 Å². The van der Waals surface area contributed by atoms with Gasteiger partial charge in [0.1, 0.15) is 0 Å². The number of hydrogen-bond acceptors (Lipinski definition) is 4. The molecule has 1 amide bonds. The average Bonchev–Trinajstić information content (AvgIpc) is 2.84. The minimum Gasteiger partial charge on any atom is -0.326 e. The molecule has 1 saturated heterocycles. The Hall–Kier alpha value is -2.25. The van der Waals surface area contributed by atoms with Gasteiger partial charge in [0.2, 0.25) is 15.9 Å². The lowest BCUT2D eigenvalue weighted by atomic mass is 9.49. The van der Waals surface area contributed by atoms with Gasteiger partial charge in [-0.15, -0.1) is 0 Å². The minimum atomic E-state index is -3.65. The number of piperidine rings is 1. The summed E-state index contributed by atoms with van der Waals surface area (Å²) < 4.78 is 28.7. The number of sulfonamides is 1. The zero-order valence-corrected chi connectivity index (χ0v) is 20.3. The van der Waals surface area contributed by atoms with Crippen LogP contribution in [0.15, 0.2) is 53.7 Å². The molecule has 0 spiro atoms. The Kier molecular flexibility index (Phi) is 5.52. The molecule has 1 atom stereocenters. The van der Waals surface area contributed by atoms with E-state index in [0.29, 0.717) is 30.0 Å². The summed E-state index contributed by atoms with van der Waals surface area (Å²) in [4.78, 5) is 17.8. The quantitative estimate of drug-likeness (QED) is 0.643. The molecule has 5 aliphatic rings. The molecule has 7 rings (SSSR count). The molecule has 2 heterocycles. The van der Waals surface area contributed by atoms with Gasteiger partial charge in [-0.1, -0.05) is 12.5 Å². The number of carbonyl (C=O) groups is 1. The van der Waals surface area contributed by atoms with Crippen LogP contribution in [0.3, 0.4) is 0 Å². The topological polar surface area (TPSA) is 79.4 Å². The van der Waals surface area contributed by atoms with Gasteiger partial charge < -0.3 is 5.32 Å². The number of benzene rings is 1. The molecule has 5 fully saturated rings. The van der Waals surface area contributed by atoms with Gasteiger partial charge in [-0.2, -0.15) is 4.31 Å². The molecular formula is C27H33N3O3S. The van der Waals surface area contributed by atoms with Gasteiger partial charge in [-0.05, 0) is 105 Å². The van der Waals surface area contributed by atoms with E-state index in [2.05, 4.69) is 10.3 Å². The standard InChI is InChI=1S/C27H33N3O3S/c31-26(27-15-19-12-20(16-27)14-21(13-19)17-27)29-23-6-8-24(9-7-23)34(32,33)30-11-2-1-5-25(30)22-4-3-10-28-18-22/h3-4,6-10,18-21,25H,1-2,5,11-17H2,(H,29,31)/t19?,20?,21?,25-,27?/m0/s1. The molecular weight excluding hydrogens is 446 g/mol. The first-order chi connectivity index (χ1) is 16.4. The number of aromatic nitrogens is 1. The van der Waals surface area contributed by atoms with Crippen LogP contribution in [0.1, 0.15) is 69.4 Å². The zero-order valence-electron chi connectivity index (χ0n) is 19.5. The van der Waals surface area contributed by atoms with Crippen LogP contribution in [0, 0.1) is 23.2 Å². The molecule has 34 heavy (non-hydrogen) atoms. The SMILES string of the molecule is O=C(Nc1ccc(S(=O)(=O)N2CCCC[C@H]2c2cccnc2)cc1)C12CC3CC(CC(C3)C1)C2. The second-order valence-corrected chi connectivity index (χ2v) is 13.0. The van der Waals surface area contributed by atoms with Crippen LogP contribution >= 0.6 is 0 Å². The predicted octanol–water partition coefficient (Wildman–Crippen LogP) is 5.15. The molecule has 4 saturated carbocycles. The molecule has 1 aromatic carbocycles. The zero-order chi connectivity index (χ0) is 23.3. The second-order valence-electron chi connectivity index (χ2n) is 11.1. The van der Waals surface area contributed by atoms with Gasteiger partial charge >= 0.3 is 0 Å². The van der Waals surface area contributed by atoms with Crippen molar-refractivity contribution in [2.45, 2.75) is 68.7 Å². The first-order valence-electron chi connectivity index (χ1n) is 12.8. The monoisotopic (exact) mass is 479 g/mol. The largest absolute Gasteiger partial charge is 0.326 e. The highest BCUT2D eigenvalue weighted by Crippen LogP contribution is 2.60. The molecule has 1 aromatic heterocycles. The normalized spacial score (nSPS) is 33.1. The van der Waals surface area contributed by atoms with Crippen LogP contribution in [0.25, 0.3) is 0 Å². The average molecular weight is 480 g/mol. The third-order valence-electron chi connectivity index (χ3n) is 8.76. The maximum Gasteiger partial charge on any atom is 0.243 e. The van der Waals surface area contributed by atoms with Crippen molar-refractivity contribution in [1.82, 2.24) is 9.29 Å². The van der Waals surface area contributed by atoms with E-state index in [1.807, 2.05) is 12.1 Å². The summed E-state index contributed by atoms with van der Waals surface area (Å²) in [5.41, 5.74) is 1.40. The molecule has 1 N–H and O–H groups in total. The summed E-state index contributed by atoms with van der Waals surface area (Å²) in [7, 11) is -3.65. The molecule has 0 unspecified atom stereocenters. The lowest BCUT2D eigenvalue weighted by Crippen LogP contribution is -2.51. The van der Waals surface area contributed by atoms with Gasteiger partial charge in [-0.25, -0.2) is 8.42 Å². The number of anilines is 1. The number of nitrogens with one attached hydrogen (secondary N) is 1. The number of amides is 1. The Morgan fingerprint density at radius 3 is 2.26 bits per heavy atom. The molecule has 7 heteroatoms. The molecule has 0 radical (unpaired) electrons. The van der Waals surface area contributed by atoms with Crippen LogP contribution in [0.2, 0.25) is 0 Å². The fourth-order valence-electron chi connectivity index (χ4n) is 7.60. The van der Waals surface area contributed by atoms with E-state index in [0.717, 1.165) is 44.1 Å². The Balaban J connectivity index is 1.19. The molecule has 2 aromatic rings. The first-order valence-corrected chi connectivity index (χ1v) is 14.2. The van der Waals surface area contributed by atoms with E-state index >= 15 is 0 Å².